The van der Waals surface area contributed by atoms with Gasteiger partial charge in [-0.05, 0) is 18.4 Å². The molecule has 2 amide bonds. The predicted octanol–water partition coefficient (Wildman–Crippen LogP) is 1.49. The minimum absolute atomic E-state index is 0.0150. The Kier molecular flexibility index (Phi) is 5.65. The number of benzene rings is 1. The number of nitrogens with zero attached hydrogens (tertiary/aromatic N) is 4. The molecule has 3 rings (SSSR count). The van der Waals surface area contributed by atoms with E-state index in [9.17, 15) is 4.79 Å². The van der Waals surface area contributed by atoms with Crippen LogP contribution in [0, 0.1) is 5.92 Å². The Labute approximate surface area is 148 Å². The van der Waals surface area contributed by atoms with Crippen molar-refractivity contribution < 1.29 is 4.79 Å². The van der Waals surface area contributed by atoms with Gasteiger partial charge in [0.2, 0.25) is 0 Å². The van der Waals surface area contributed by atoms with E-state index in [0.29, 0.717) is 12.5 Å². The first-order valence-electron chi connectivity index (χ1n) is 8.76. The smallest absolute Gasteiger partial charge is 0.315 e. The first kappa shape index (κ1) is 17.4. The summed E-state index contributed by atoms with van der Waals surface area (Å²) in [7, 11) is 0. The average Bonchev–Trinajstić information content (AvgIpc) is 3.18. The number of rotatable bonds is 6. The summed E-state index contributed by atoms with van der Waals surface area (Å²) < 4.78 is 1.71. The van der Waals surface area contributed by atoms with Gasteiger partial charge in [-0.2, -0.15) is 5.10 Å². The number of carbonyl (C=O) groups excluding carboxylic acids is 1. The summed E-state index contributed by atoms with van der Waals surface area (Å²) in [4.78, 5) is 18.6. The van der Waals surface area contributed by atoms with Crippen LogP contribution < -0.4 is 10.6 Å². The molecule has 2 heterocycles. The minimum Gasteiger partial charge on any atom is -0.334 e. The third kappa shape index (κ3) is 5.03. The van der Waals surface area contributed by atoms with Gasteiger partial charge in [0, 0.05) is 31.7 Å². The number of amides is 2. The van der Waals surface area contributed by atoms with Crippen molar-refractivity contribution in [2.45, 2.75) is 39.0 Å². The van der Waals surface area contributed by atoms with Crippen LogP contribution in [0.3, 0.4) is 0 Å². The number of likely N-dealkylation sites (tertiary alicyclic amines) is 1. The highest BCUT2D eigenvalue weighted by molar-refractivity contribution is 5.74. The zero-order valence-corrected chi connectivity index (χ0v) is 14.8. The predicted molar refractivity (Wildman–Crippen MR) is 95.8 cm³/mol. The van der Waals surface area contributed by atoms with Crippen molar-refractivity contribution in [2.24, 2.45) is 5.92 Å². The lowest BCUT2D eigenvalue weighted by Crippen LogP contribution is -2.48. The van der Waals surface area contributed by atoms with E-state index in [1.165, 1.54) is 11.9 Å². The molecular weight excluding hydrogens is 316 g/mol. The molecule has 1 aliphatic rings. The van der Waals surface area contributed by atoms with E-state index < -0.39 is 0 Å². The molecule has 1 saturated heterocycles. The highest BCUT2D eigenvalue weighted by Gasteiger charge is 2.30. The maximum absolute atomic E-state index is 12.3. The van der Waals surface area contributed by atoms with Gasteiger partial charge in [-0.3, -0.25) is 9.58 Å². The molecule has 7 heteroatoms. The van der Waals surface area contributed by atoms with E-state index in [-0.39, 0.29) is 18.1 Å². The van der Waals surface area contributed by atoms with E-state index >= 15 is 0 Å². The molecule has 1 aliphatic heterocycles. The van der Waals surface area contributed by atoms with Crippen LogP contribution in [-0.4, -0.2) is 50.9 Å². The Balaban J connectivity index is 1.45. The number of carbonyl (C=O) groups is 1. The van der Waals surface area contributed by atoms with Gasteiger partial charge in [0.25, 0.3) is 0 Å². The standard InChI is InChI=1S/C18H26N6O/c1-14-8-23(10-16-6-4-3-5-7-16)11-17(14)22-18(25)21-15(2)9-24-13-19-12-20-24/h3-7,12-15,17H,8-11H2,1-2H3,(H2,21,22,25)/t14-,15+,17-/m0/s1. The lowest BCUT2D eigenvalue weighted by atomic mass is 10.1. The van der Waals surface area contributed by atoms with Gasteiger partial charge in [0.15, 0.2) is 0 Å². The number of nitrogens with one attached hydrogen (secondary N) is 2. The van der Waals surface area contributed by atoms with Crippen LogP contribution in [0.25, 0.3) is 0 Å². The van der Waals surface area contributed by atoms with Gasteiger partial charge in [0.1, 0.15) is 12.7 Å². The maximum atomic E-state index is 12.3. The first-order chi connectivity index (χ1) is 12.1. The van der Waals surface area contributed by atoms with Crippen molar-refractivity contribution in [1.82, 2.24) is 30.3 Å². The molecule has 2 N–H and O–H groups in total. The fraction of sp³-hybridized carbons (Fsp3) is 0.500. The third-order valence-electron chi connectivity index (χ3n) is 4.56. The zero-order valence-electron chi connectivity index (χ0n) is 14.8. The van der Waals surface area contributed by atoms with Crippen LogP contribution in [0.1, 0.15) is 19.4 Å². The number of hydrogen-bond donors (Lipinski definition) is 2. The van der Waals surface area contributed by atoms with Gasteiger partial charge in [0.05, 0.1) is 6.54 Å². The lowest BCUT2D eigenvalue weighted by molar-refractivity contribution is 0.230. The van der Waals surface area contributed by atoms with Crippen molar-refractivity contribution >= 4 is 6.03 Å². The average molecular weight is 342 g/mol. The molecule has 3 atom stereocenters. The fourth-order valence-electron chi connectivity index (χ4n) is 3.31. The molecule has 0 radical (unpaired) electrons. The molecule has 0 spiro atoms. The Morgan fingerprint density at radius 2 is 2.12 bits per heavy atom. The second kappa shape index (κ2) is 8.11. The highest BCUT2D eigenvalue weighted by Crippen LogP contribution is 2.18. The molecule has 1 aromatic heterocycles. The Bertz CT molecular complexity index is 659. The van der Waals surface area contributed by atoms with Crippen molar-refractivity contribution in [2.75, 3.05) is 13.1 Å². The van der Waals surface area contributed by atoms with Crippen LogP contribution in [0.4, 0.5) is 4.79 Å². The summed E-state index contributed by atoms with van der Waals surface area (Å²) >= 11 is 0. The molecule has 134 valence electrons. The molecule has 0 saturated carbocycles. The van der Waals surface area contributed by atoms with Crippen molar-refractivity contribution in [3.05, 3.63) is 48.5 Å². The summed E-state index contributed by atoms with van der Waals surface area (Å²) in [5.74, 6) is 0.431. The van der Waals surface area contributed by atoms with Gasteiger partial charge in [-0.15, -0.1) is 0 Å². The van der Waals surface area contributed by atoms with Gasteiger partial charge in [-0.25, -0.2) is 9.78 Å². The van der Waals surface area contributed by atoms with Gasteiger partial charge in [-0.1, -0.05) is 37.3 Å². The Hall–Kier alpha value is -2.41. The summed E-state index contributed by atoms with van der Waals surface area (Å²) in [5, 5.41) is 10.1. The fourth-order valence-corrected chi connectivity index (χ4v) is 3.31. The van der Waals surface area contributed by atoms with Crippen LogP contribution >= 0.6 is 0 Å². The van der Waals surface area contributed by atoms with E-state index in [4.69, 9.17) is 0 Å². The second-order valence-corrected chi connectivity index (χ2v) is 6.90. The van der Waals surface area contributed by atoms with Crippen LogP contribution in [0.15, 0.2) is 43.0 Å². The molecule has 1 fully saturated rings. The molecule has 2 aromatic rings. The molecule has 25 heavy (non-hydrogen) atoms. The normalized spacial score (nSPS) is 21.8. The Morgan fingerprint density at radius 1 is 1.32 bits per heavy atom. The largest absolute Gasteiger partial charge is 0.334 e. The van der Waals surface area contributed by atoms with Crippen LogP contribution in [-0.2, 0) is 13.1 Å². The summed E-state index contributed by atoms with van der Waals surface area (Å²) in [6, 6.07) is 10.5. The second-order valence-electron chi connectivity index (χ2n) is 6.90. The summed E-state index contributed by atoms with van der Waals surface area (Å²) in [5.41, 5.74) is 1.31. The first-order valence-corrected chi connectivity index (χ1v) is 8.76. The van der Waals surface area contributed by atoms with Crippen LogP contribution in [0.2, 0.25) is 0 Å². The number of hydrogen-bond acceptors (Lipinski definition) is 4. The van der Waals surface area contributed by atoms with Crippen molar-refractivity contribution in [1.29, 1.82) is 0 Å². The third-order valence-corrected chi connectivity index (χ3v) is 4.56. The van der Waals surface area contributed by atoms with Crippen LogP contribution in [0.5, 0.6) is 0 Å². The maximum Gasteiger partial charge on any atom is 0.315 e. The minimum atomic E-state index is -0.119. The molecular formula is C18H26N6O. The van der Waals surface area contributed by atoms with Crippen molar-refractivity contribution in [3.8, 4) is 0 Å². The molecule has 7 nitrogen and oxygen atoms in total. The van der Waals surface area contributed by atoms with Crippen molar-refractivity contribution in [3.63, 3.8) is 0 Å². The zero-order chi connectivity index (χ0) is 17.6. The van der Waals surface area contributed by atoms with Gasteiger partial charge < -0.3 is 10.6 Å². The molecule has 0 aliphatic carbocycles. The lowest BCUT2D eigenvalue weighted by Gasteiger charge is -2.20. The van der Waals surface area contributed by atoms with E-state index in [2.05, 4.69) is 56.8 Å². The highest BCUT2D eigenvalue weighted by atomic mass is 16.2. The van der Waals surface area contributed by atoms with Gasteiger partial charge >= 0.3 is 6.03 Å². The molecule has 0 unspecified atom stereocenters. The summed E-state index contributed by atoms with van der Waals surface area (Å²) in [6.07, 6.45) is 3.14. The molecule has 1 aromatic carbocycles. The van der Waals surface area contributed by atoms with E-state index in [0.717, 1.165) is 19.6 Å². The topological polar surface area (TPSA) is 75.1 Å². The number of aromatic nitrogens is 3. The number of urea groups is 1. The SMILES string of the molecule is C[C@H](Cn1cncn1)NC(=O)N[C@H]1CN(Cc2ccccc2)C[C@@H]1C. The summed E-state index contributed by atoms with van der Waals surface area (Å²) in [6.45, 7) is 7.55. The monoisotopic (exact) mass is 342 g/mol. The quantitative estimate of drug-likeness (QED) is 0.834. The Morgan fingerprint density at radius 3 is 2.84 bits per heavy atom. The molecule has 0 bridgehead atoms. The van der Waals surface area contributed by atoms with E-state index in [1.54, 1.807) is 11.0 Å². The van der Waals surface area contributed by atoms with E-state index in [1.807, 2.05) is 13.0 Å².